The van der Waals surface area contributed by atoms with Gasteiger partial charge in [0.15, 0.2) is 17.5 Å². The summed E-state index contributed by atoms with van der Waals surface area (Å²) in [6.07, 6.45) is 2.31. The summed E-state index contributed by atoms with van der Waals surface area (Å²) < 4.78 is 2.32. The second kappa shape index (κ2) is 11.0. The van der Waals surface area contributed by atoms with E-state index in [4.69, 9.17) is 15.0 Å². The van der Waals surface area contributed by atoms with Crippen LogP contribution < -0.4 is 0 Å². The molecule has 228 valence electrons. The lowest BCUT2D eigenvalue weighted by atomic mass is 9.91. The molecule has 0 spiro atoms. The number of hydrogen-bond acceptors (Lipinski definition) is 3. The Kier molecular flexibility index (Phi) is 6.15. The molecule has 1 aliphatic carbocycles. The lowest BCUT2D eigenvalue weighted by molar-refractivity contribution is 1.07. The van der Waals surface area contributed by atoms with Crippen molar-refractivity contribution in [2.75, 3.05) is 0 Å². The Morgan fingerprint density at radius 3 is 1.41 bits per heavy atom. The van der Waals surface area contributed by atoms with Gasteiger partial charge in [-0.15, -0.1) is 0 Å². The van der Waals surface area contributed by atoms with Crippen molar-refractivity contribution in [2.45, 2.75) is 0 Å². The molecule has 4 heteroatoms. The minimum Gasteiger partial charge on any atom is -0.316 e. The summed E-state index contributed by atoms with van der Waals surface area (Å²) in [6.45, 7) is 0. The molecular formula is C45H28N4. The third-order valence-corrected chi connectivity index (χ3v) is 9.62. The average molecular weight is 625 g/mol. The predicted octanol–water partition coefficient (Wildman–Crippen LogP) is 11.3. The molecule has 7 aromatic carbocycles. The van der Waals surface area contributed by atoms with E-state index in [1.165, 1.54) is 55.1 Å². The van der Waals surface area contributed by atoms with Crippen LogP contribution in [0.25, 0.3) is 94.9 Å². The Bertz CT molecular complexity index is 2630. The summed E-state index contributed by atoms with van der Waals surface area (Å²) in [5, 5.41) is 3.76. The zero-order valence-electron chi connectivity index (χ0n) is 26.5. The highest BCUT2D eigenvalue weighted by molar-refractivity contribution is 6.15. The van der Waals surface area contributed by atoms with Crippen molar-refractivity contribution in [3.8, 4) is 73.2 Å². The summed E-state index contributed by atoms with van der Waals surface area (Å²) in [7, 11) is 0. The van der Waals surface area contributed by atoms with E-state index < -0.39 is 0 Å². The molecule has 49 heavy (non-hydrogen) atoms. The molecule has 0 amide bonds. The molecule has 10 rings (SSSR count). The summed E-state index contributed by atoms with van der Waals surface area (Å²) in [5.41, 5.74) is 12.6. The molecule has 0 radical (unpaired) electrons. The molecule has 0 saturated heterocycles. The highest BCUT2D eigenvalue weighted by Gasteiger charge is 2.24. The quantitative estimate of drug-likeness (QED) is 0.196. The fraction of sp³-hybridized carbons (Fsp3) is 0. The van der Waals surface area contributed by atoms with Crippen molar-refractivity contribution in [3.05, 3.63) is 170 Å². The van der Waals surface area contributed by atoms with Crippen molar-refractivity contribution < 1.29 is 0 Å². The number of benzene rings is 7. The van der Waals surface area contributed by atoms with Gasteiger partial charge in [0.05, 0.1) is 5.52 Å². The van der Waals surface area contributed by atoms with Crippen molar-refractivity contribution in [1.29, 1.82) is 0 Å². The summed E-state index contributed by atoms with van der Waals surface area (Å²) in [6, 6.07) is 57.6. The topological polar surface area (TPSA) is 43.6 Å². The van der Waals surface area contributed by atoms with Crippen LogP contribution >= 0.6 is 0 Å². The molecule has 0 bridgehead atoms. The monoisotopic (exact) mass is 624 g/mol. The van der Waals surface area contributed by atoms with E-state index >= 15 is 0 Å². The van der Waals surface area contributed by atoms with Crippen LogP contribution in [-0.4, -0.2) is 19.5 Å². The van der Waals surface area contributed by atoms with Crippen LogP contribution in [0.1, 0.15) is 0 Å². The van der Waals surface area contributed by atoms with Gasteiger partial charge >= 0.3 is 0 Å². The van der Waals surface area contributed by atoms with Crippen molar-refractivity contribution >= 4 is 21.7 Å². The van der Waals surface area contributed by atoms with Crippen molar-refractivity contribution in [1.82, 2.24) is 19.5 Å². The summed E-state index contributed by atoms with van der Waals surface area (Å²) in [4.78, 5) is 14.7. The maximum atomic E-state index is 4.94. The predicted molar refractivity (Wildman–Crippen MR) is 200 cm³/mol. The van der Waals surface area contributed by atoms with Crippen molar-refractivity contribution in [3.63, 3.8) is 0 Å². The van der Waals surface area contributed by atoms with Crippen LogP contribution in [-0.2, 0) is 0 Å². The first-order valence-corrected chi connectivity index (χ1v) is 16.5. The lowest BCUT2D eigenvalue weighted by Crippen LogP contribution is -2.00. The third-order valence-electron chi connectivity index (χ3n) is 9.62. The largest absolute Gasteiger partial charge is 0.316 e. The van der Waals surface area contributed by atoms with E-state index in [1.807, 2.05) is 60.7 Å². The van der Waals surface area contributed by atoms with Gasteiger partial charge in [-0.1, -0.05) is 121 Å². The van der Waals surface area contributed by atoms with Crippen LogP contribution in [0, 0.1) is 0 Å². The fourth-order valence-electron chi connectivity index (χ4n) is 7.28. The van der Waals surface area contributed by atoms with E-state index in [2.05, 4.69) is 114 Å². The number of nitrogens with zero attached hydrogens (tertiary/aromatic N) is 4. The van der Waals surface area contributed by atoms with Gasteiger partial charge in [0.25, 0.3) is 0 Å². The molecule has 0 fully saturated rings. The number of fused-ring (bicyclic) bond motifs is 6. The molecule has 4 nitrogen and oxygen atoms in total. The van der Waals surface area contributed by atoms with E-state index in [1.54, 1.807) is 0 Å². The fourth-order valence-corrected chi connectivity index (χ4v) is 7.28. The molecule has 0 saturated carbocycles. The Morgan fingerprint density at radius 2 is 0.816 bits per heavy atom. The van der Waals surface area contributed by atoms with Gasteiger partial charge in [-0.2, -0.15) is 0 Å². The van der Waals surface area contributed by atoms with E-state index in [0.717, 1.165) is 22.4 Å². The van der Waals surface area contributed by atoms with Gasteiger partial charge in [0.2, 0.25) is 0 Å². The Morgan fingerprint density at radius 1 is 0.347 bits per heavy atom. The maximum Gasteiger partial charge on any atom is 0.164 e. The Labute approximate surface area is 283 Å². The normalized spacial score (nSPS) is 11.7. The minimum absolute atomic E-state index is 0.645. The number of aromatic nitrogens is 4. The van der Waals surface area contributed by atoms with Gasteiger partial charge in [-0.05, 0) is 81.1 Å². The smallest absolute Gasteiger partial charge is 0.164 e. The van der Waals surface area contributed by atoms with Gasteiger partial charge < -0.3 is 4.57 Å². The first-order chi connectivity index (χ1) is 24.3. The van der Waals surface area contributed by atoms with E-state index in [0.29, 0.717) is 17.5 Å². The SMILES string of the molecule is c1ccc(-c2nc(-c3ccccc3)nc(-c3ccc(-n4cc5c6c(cccc64)-c4ccccc4-c4cc6ccccc6cc4-5)cc3)n2)cc1. The first-order valence-electron chi connectivity index (χ1n) is 16.5. The van der Waals surface area contributed by atoms with Gasteiger partial charge in [0.1, 0.15) is 0 Å². The number of rotatable bonds is 4. The highest BCUT2D eigenvalue weighted by atomic mass is 15.0. The second-order valence-electron chi connectivity index (χ2n) is 12.5. The van der Waals surface area contributed by atoms with Crippen LogP contribution in [0.15, 0.2) is 170 Å². The standard InChI is InChI=1S/C45H28N4/c1-3-12-29(13-4-1)43-46-44(30-14-5-2-6-15-30)48-45(47-43)31-22-24-34(25-23-31)49-28-40-39-27-33-17-8-7-16-32(33)26-38(39)36-19-10-9-18-35(36)37-20-11-21-41(49)42(37)40/h1-28H. The Balaban J connectivity index is 1.14. The zero-order valence-corrected chi connectivity index (χ0v) is 26.5. The van der Waals surface area contributed by atoms with Crippen molar-refractivity contribution in [2.24, 2.45) is 0 Å². The third kappa shape index (κ3) is 4.49. The van der Waals surface area contributed by atoms with Crippen LogP contribution in [0.2, 0.25) is 0 Å². The molecule has 9 aromatic rings. The van der Waals surface area contributed by atoms with Gasteiger partial charge in [0, 0.05) is 39.5 Å². The first kappa shape index (κ1) is 27.5. The lowest BCUT2D eigenvalue weighted by Gasteiger charge is -2.13. The van der Waals surface area contributed by atoms with Gasteiger partial charge in [-0.25, -0.2) is 15.0 Å². The molecule has 0 atom stereocenters. The molecule has 0 aliphatic heterocycles. The minimum atomic E-state index is 0.645. The summed E-state index contributed by atoms with van der Waals surface area (Å²) >= 11 is 0. The molecular weight excluding hydrogens is 597 g/mol. The average Bonchev–Trinajstić information content (AvgIpc) is 3.53. The zero-order chi connectivity index (χ0) is 32.3. The van der Waals surface area contributed by atoms with E-state index in [9.17, 15) is 0 Å². The molecule has 0 unspecified atom stereocenters. The number of hydrogen-bond donors (Lipinski definition) is 0. The Hall–Kier alpha value is -6.65. The molecule has 2 aromatic heterocycles. The molecule has 1 aliphatic rings. The maximum absolute atomic E-state index is 4.94. The molecule has 0 N–H and O–H groups in total. The van der Waals surface area contributed by atoms with E-state index in [-0.39, 0.29) is 0 Å². The highest BCUT2D eigenvalue weighted by Crippen LogP contribution is 2.49. The van der Waals surface area contributed by atoms with Crippen LogP contribution in [0.4, 0.5) is 0 Å². The summed E-state index contributed by atoms with van der Waals surface area (Å²) in [5.74, 6) is 1.96. The van der Waals surface area contributed by atoms with Crippen LogP contribution in [0.5, 0.6) is 0 Å². The molecule has 2 heterocycles. The second-order valence-corrected chi connectivity index (χ2v) is 12.5. The van der Waals surface area contributed by atoms with Crippen LogP contribution in [0.3, 0.4) is 0 Å². The van der Waals surface area contributed by atoms with Gasteiger partial charge in [-0.3, -0.25) is 0 Å².